The zero-order chi connectivity index (χ0) is 12.0. The molecule has 16 heavy (non-hydrogen) atoms. The second-order valence-corrected chi connectivity index (χ2v) is 3.25. The molecule has 0 radical (unpaired) electrons. The fraction of sp³-hybridized carbons (Fsp3) is 0.417. The number of aryl methyl sites for hydroxylation is 1. The number of nitrogens with zero attached hydrogens (tertiary/aromatic N) is 1. The minimum Gasteiger partial charge on any atom is -0.494 e. The first-order valence-electron chi connectivity index (χ1n) is 5.09. The molecule has 0 aliphatic heterocycles. The number of hydrogen-bond donors (Lipinski definition) is 0. The molecule has 0 saturated heterocycles. The van der Waals surface area contributed by atoms with Crippen LogP contribution in [-0.2, 0) is 6.42 Å². The van der Waals surface area contributed by atoms with E-state index >= 15 is 0 Å². The second kappa shape index (κ2) is 6.06. The summed E-state index contributed by atoms with van der Waals surface area (Å²) in [5.74, 6) is 0.569. The van der Waals surface area contributed by atoms with E-state index in [1.807, 2.05) is 13.0 Å². The Kier molecular flexibility index (Phi) is 4.71. The highest BCUT2D eigenvalue weighted by Crippen LogP contribution is 2.27. The molecule has 0 bridgehead atoms. The molecule has 2 nitrogen and oxygen atoms in total. The molecule has 0 N–H and O–H groups in total. The summed E-state index contributed by atoms with van der Waals surface area (Å²) < 4.78 is 30.5. The number of alkyl halides is 2. The summed E-state index contributed by atoms with van der Waals surface area (Å²) in [5.41, 5.74) is 0.473. The Hall–Kier alpha value is -1.63. The molecule has 0 atom stereocenters. The largest absolute Gasteiger partial charge is 0.494 e. The number of hydrogen-bond acceptors (Lipinski definition) is 2. The van der Waals surface area contributed by atoms with E-state index in [2.05, 4.69) is 0 Å². The third-order valence-electron chi connectivity index (χ3n) is 2.17. The van der Waals surface area contributed by atoms with Gasteiger partial charge in [0.15, 0.2) is 0 Å². The van der Waals surface area contributed by atoms with Gasteiger partial charge in [0.05, 0.1) is 12.7 Å². The quantitative estimate of drug-likeness (QED) is 0.768. The molecule has 4 heteroatoms. The minimum atomic E-state index is -2.51. The Morgan fingerprint density at radius 3 is 2.75 bits per heavy atom. The van der Waals surface area contributed by atoms with Crippen LogP contribution in [0.15, 0.2) is 18.2 Å². The van der Waals surface area contributed by atoms with Crippen molar-refractivity contribution < 1.29 is 13.5 Å². The van der Waals surface area contributed by atoms with Gasteiger partial charge in [0.1, 0.15) is 5.75 Å². The van der Waals surface area contributed by atoms with Crippen LogP contribution in [0.1, 0.15) is 30.9 Å². The van der Waals surface area contributed by atoms with Crippen LogP contribution in [0.4, 0.5) is 8.78 Å². The normalized spacial score (nSPS) is 10.2. The van der Waals surface area contributed by atoms with Crippen molar-refractivity contribution in [3.05, 3.63) is 29.3 Å². The van der Waals surface area contributed by atoms with Crippen LogP contribution in [0.25, 0.3) is 0 Å². The zero-order valence-electron chi connectivity index (χ0n) is 9.04. The highest BCUT2D eigenvalue weighted by Gasteiger charge is 2.13. The highest BCUT2D eigenvalue weighted by molar-refractivity contribution is 5.36. The van der Waals surface area contributed by atoms with E-state index in [9.17, 15) is 8.78 Å². The second-order valence-electron chi connectivity index (χ2n) is 3.25. The maximum atomic E-state index is 12.6. The number of ether oxygens (including phenoxy) is 1. The monoisotopic (exact) mass is 225 g/mol. The summed E-state index contributed by atoms with van der Waals surface area (Å²) >= 11 is 0. The summed E-state index contributed by atoms with van der Waals surface area (Å²) in [6, 6.07) is 6.43. The standard InChI is InChI=1S/C12H13F2NO/c1-2-16-10-5-6-11(12(13)14)9(8-10)4-3-7-15/h5-6,8,12H,2-4H2,1H3. The van der Waals surface area contributed by atoms with Crippen LogP contribution in [0.2, 0.25) is 0 Å². The van der Waals surface area contributed by atoms with E-state index in [1.165, 1.54) is 12.1 Å². The Bertz CT molecular complexity index is 385. The van der Waals surface area contributed by atoms with E-state index < -0.39 is 6.43 Å². The van der Waals surface area contributed by atoms with Crippen molar-refractivity contribution in [3.63, 3.8) is 0 Å². The van der Waals surface area contributed by atoms with Gasteiger partial charge in [0.25, 0.3) is 6.43 Å². The van der Waals surface area contributed by atoms with Crippen molar-refractivity contribution in [3.8, 4) is 11.8 Å². The average molecular weight is 225 g/mol. The van der Waals surface area contributed by atoms with Crippen molar-refractivity contribution >= 4 is 0 Å². The lowest BCUT2D eigenvalue weighted by Crippen LogP contribution is -1.98. The van der Waals surface area contributed by atoms with Crippen molar-refractivity contribution in [1.82, 2.24) is 0 Å². The Morgan fingerprint density at radius 2 is 2.19 bits per heavy atom. The van der Waals surface area contributed by atoms with Gasteiger partial charge in [0, 0.05) is 12.0 Å². The first-order chi connectivity index (χ1) is 7.69. The van der Waals surface area contributed by atoms with Crippen LogP contribution in [0.3, 0.4) is 0 Å². The number of halogens is 2. The Labute approximate surface area is 93.5 Å². The maximum Gasteiger partial charge on any atom is 0.264 e. The van der Waals surface area contributed by atoms with E-state index in [1.54, 1.807) is 6.07 Å². The van der Waals surface area contributed by atoms with E-state index in [-0.39, 0.29) is 12.0 Å². The molecule has 1 aromatic rings. The summed E-state index contributed by atoms with van der Waals surface area (Å²) in [6.07, 6.45) is -1.95. The molecule has 0 heterocycles. The van der Waals surface area contributed by atoms with Gasteiger partial charge in [-0.2, -0.15) is 5.26 Å². The van der Waals surface area contributed by atoms with Gasteiger partial charge < -0.3 is 4.74 Å². The predicted molar refractivity (Wildman–Crippen MR) is 56.5 cm³/mol. The number of nitriles is 1. The van der Waals surface area contributed by atoms with Gasteiger partial charge in [-0.15, -0.1) is 0 Å². The average Bonchev–Trinajstić information content (AvgIpc) is 2.26. The van der Waals surface area contributed by atoms with E-state index in [4.69, 9.17) is 10.00 Å². The van der Waals surface area contributed by atoms with Gasteiger partial charge in [-0.3, -0.25) is 0 Å². The fourth-order valence-electron chi connectivity index (χ4n) is 1.46. The molecule has 0 amide bonds. The van der Waals surface area contributed by atoms with Gasteiger partial charge in [-0.25, -0.2) is 8.78 Å². The summed E-state index contributed by atoms with van der Waals surface area (Å²) in [7, 11) is 0. The van der Waals surface area contributed by atoms with Gasteiger partial charge >= 0.3 is 0 Å². The smallest absolute Gasteiger partial charge is 0.264 e. The van der Waals surface area contributed by atoms with Crippen LogP contribution >= 0.6 is 0 Å². The molecular formula is C12H13F2NO. The van der Waals surface area contributed by atoms with Gasteiger partial charge in [-0.05, 0) is 37.1 Å². The van der Waals surface area contributed by atoms with Crippen molar-refractivity contribution in [2.45, 2.75) is 26.2 Å². The third kappa shape index (κ3) is 3.20. The summed E-state index contributed by atoms with van der Waals surface area (Å²) in [6.45, 7) is 2.32. The van der Waals surface area contributed by atoms with Crippen molar-refractivity contribution in [2.24, 2.45) is 0 Å². The lowest BCUT2D eigenvalue weighted by atomic mass is 10.0. The summed E-state index contributed by atoms with van der Waals surface area (Å²) in [4.78, 5) is 0. The Balaban J connectivity index is 2.96. The predicted octanol–water partition coefficient (Wildman–Crippen LogP) is 3.48. The maximum absolute atomic E-state index is 12.6. The zero-order valence-corrected chi connectivity index (χ0v) is 9.04. The molecule has 0 unspecified atom stereocenters. The minimum absolute atomic E-state index is 0.0151. The first kappa shape index (κ1) is 12.4. The molecule has 0 spiro atoms. The number of rotatable bonds is 5. The summed E-state index contributed by atoms with van der Waals surface area (Å²) in [5, 5.41) is 8.46. The lowest BCUT2D eigenvalue weighted by Gasteiger charge is -2.10. The SMILES string of the molecule is CCOc1ccc(C(F)F)c(CCC#N)c1. The molecule has 0 aromatic heterocycles. The fourth-order valence-corrected chi connectivity index (χ4v) is 1.46. The molecule has 0 saturated carbocycles. The molecular weight excluding hydrogens is 212 g/mol. The first-order valence-corrected chi connectivity index (χ1v) is 5.09. The van der Waals surface area contributed by atoms with Crippen LogP contribution in [-0.4, -0.2) is 6.61 Å². The molecule has 0 aliphatic rings. The van der Waals surface area contributed by atoms with E-state index in [0.717, 1.165) is 0 Å². The molecule has 0 aliphatic carbocycles. The highest BCUT2D eigenvalue weighted by atomic mass is 19.3. The van der Waals surface area contributed by atoms with Crippen LogP contribution < -0.4 is 4.74 Å². The molecule has 0 fully saturated rings. The molecule has 1 aromatic carbocycles. The van der Waals surface area contributed by atoms with Crippen molar-refractivity contribution in [2.75, 3.05) is 6.61 Å². The van der Waals surface area contributed by atoms with Crippen LogP contribution in [0.5, 0.6) is 5.75 Å². The molecule has 1 rings (SSSR count). The lowest BCUT2D eigenvalue weighted by molar-refractivity contribution is 0.150. The van der Waals surface area contributed by atoms with Gasteiger partial charge in [-0.1, -0.05) is 0 Å². The van der Waals surface area contributed by atoms with Gasteiger partial charge in [0.2, 0.25) is 0 Å². The number of benzene rings is 1. The molecule has 86 valence electrons. The topological polar surface area (TPSA) is 33.0 Å². The third-order valence-corrected chi connectivity index (χ3v) is 2.17. The van der Waals surface area contributed by atoms with E-state index in [0.29, 0.717) is 24.3 Å². The van der Waals surface area contributed by atoms with Crippen molar-refractivity contribution in [1.29, 1.82) is 5.26 Å². The Morgan fingerprint density at radius 1 is 1.44 bits per heavy atom. The van der Waals surface area contributed by atoms with Crippen LogP contribution in [0, 0.1) is 11.3 Å².